The summed E-state index contributed by atoms with van der Waals surface area (Å²) in [7, 11) is -3.94. The third-order valence-electron chi connectivity index (χ3n) is 4.64. The standard InChI is InChI=1S/C23H23BrN2O3S/c1-16-8-11-21(12-9-16)30(28,29)26(22-13-17(2)7-10-18(22)3)15-23(27)25-20-6-4-5-19(24)14-20/h4-14H,15H2,1-3H3,(H,25,27). The van der Waals surface area contributed by atoms with Crippen LogP contribution in [0.5, 0.6) is 0 Å². The molecule has 0 spiro atoms. The molecule has 156 valence electrons. The van der Waals surface area contributed by atoms with Crippen molar-refractivity contribution in [1.29, 1.82) is 0 Å². The first-order valence-electron chi connectivity index (χ1n) is 9.39. The van der Waals surface area contributed by atoms with E-state index in [1.165, 1.54) is 4.31 Å². The highest BCUT2D eigenvalue weighted by Gasteiger charge is 2.28. The number of sulfonamides is 1. The fraction of sp³-hybridized carbons (Fsp3) is 0.174. The van der Waals surface area contributed by atoms with Crippen molar-refractivity contribution in [2.75, 3.05) is 16.2 Å². The number of carbonyl (C=O) groups excluding carboxylic acids is 1. The van der Waals surface area contributed by atoms with Crippen molar-refractivity contribution in [2.24, 2.45) is 0 Å². The van der Waals surface area contributed by atoms with Crippen molar-refractivity contribution in [3.8, 4) is 0 Å². The van der Waals surface area contributed by atoms with Gasteiger partial charge in [0.1, 0.15) is 6.54 Å². The quantitative estimate of drug-likeness (QED) is 0.519. The van der Waals surface area contributed by atoms with Crippen LogP contribution in [0.1, 0.15) is 16.7 Å². The maximum atomic E-state index is 13.5. The van der Waals surface area contributed by atoms with E-state index < -0.39 is 15.9 Å². The van der Waals surface area contributed by atoms with Crippen LogP contribution in [0.25, 0.3) is 0 Å². The van der Waals surface area contributed by atoms with E-state index in [0.29, 0.717) is 11.4 Å². The molecule has 0 aliphatic heterocycles. The Labute approximate surface area is 185 Å². The summed E-state index contributed by atoms with van der Waals surface area (Å²) in [5.74, 6) is -0.426. The maximum Gasteiger partial charge on any atom is 0.264 e. The average Bonchev–Trinajstić information content (AvgIpc) is 2.68. The zero-order chi connectivity index (χ0) is 21.9. The van der Waals surface area contributed by atoms with E-state index in [0.717, 1.165) is 21.2 Å². The predicted octanol–water partition coefficient (Wildman–Crippen LogP) is 5.21. The Balaban J connectivity index is 2.00. The molecule has 0 saturated heterocycles. The lowest BCUT2D eigenvalue weighted by molar-refractivity contribution is -0.114. The summed E-state index contributed by atoms with van der Waals surface area (Å²) in [6, 6.07) is 19.3. The second-order valence-corrected chi connectivity index (χ2v) is 9.95. The molecule has 3 aromatic carbocycles. The summed E-state index contributed by atoms with van der Waals surface area (Å²) < 4.78 is 29.0. The largest absolute Gasteiger partial charge is 0.324 e. The summed E-state index contributed by atoms with van der Waals surface area (Å²) >= 11 is 3.37. The van der Waals surface area contributed by atoms with Gasteiger partial charge in [-0.25, -0.2) is 8.42 Å². The normalized spacial score (nSPS) is 11.2. The monoisotopic (exact) mass is 486 g/mol. The Bertz CT molecular complexity index is 1180. The number of rotatable bonds is 6. The smallest absolute Gasteiger partial charge is 0.264 e. The molecule has 0 fully saturated rings. The summed E-state index contributed by atoms with van der Waals surface area (Å²) in [6.07, 6.45) is 0. The highest BCUT2D eigenvalue weighted by Crippen LogP contribution is 2.28. The number of nitrogens with one attached hydrogen (secondary N) is 1. The molecule has 0 bridgehead atoms. The Morgan fingerprint density at radius 2 is 1.60 bits per heavy atom. The molecule has 0 aliphatic carbocycles. The van der Waals surface area contributed by atoms with Gasteiger partial charge in [0.05, 0.1) is 10.6 Å². The van der Waals surface area contributed by atoms with Crippen LogP contribution in [0.4, 0.5) is 11.4 Å². The van der Waals surface area contributed by atoms with Crippen LogP contribution in [-0.4, -0.2) is 20.9 Å². The molecule has 0 aromatic heterocycles. The maximum absolute atomic E-state index is 13.5. The number of benzene rings is 3. The molecule has 3 aromatic rings. The van der Waals surface area contributed by atoms with E-state index in [1.807, 2.05) is 39.0 Å². The van der Waals surface area contributed by atoms with Gasteiger partial charge in [-0.05, 0) is 68.3 Å². The van der Waals surface area contributed by atoms with Crippen LogP contribution in [-0.2, 0) is 14.8 Å². The topological polar surface area (TPSA) is 66.5 Å². The SMILES string of the molecule is Cc1ccc(S(=O)(=O)N(CC(=O)Nc2cccc(Br)c2)c2cc(C)ccc2C)cc1. The minimum absolute atomic E-state index is 0.143. The molecule has 0 radical (unpaired) electrons. The van der Waals surface area contributed by atoms with Gasteiger partial charge in [0.2, 0.25) is 5.91 Å². The Hall–Kier alpha value is -2.64. The molecular weight excluding hydrogens is 464 g/mol. The fourth-order valence-electron chi connectivity index (χ4n) is 3.02. The molecule has 0 atom stereocenters. The van der Waals surface area contributed by atoms with E-state index in [4.69, 9.17) is 0 Å². The number of carbonyl (C=O) groups is 1. The molecule has 0 saturated carbocycles. The predicted molar refractivity (Wildman–Crippen MR) is 124 cm³/mol. The Kier molecular flexibility index (Phi) is 6.63. The van der Waals surface area contributed by atoms with E-state index in [9.17, 15) is 13.2 Å². The van der Waals surface area contributed by atoms with E-state index in [2.05, 4.69) is 21.2 Å². The minimum Gasteiger partial charge on any atom is -0.324 e. The number of hydrogen-bond donors (Lipinski definition) is 1. The van der Waals surface area contributed by atoms with Gasteiger partial charge in [-0.15, -0.1) is 0 Å². The number of hydrogen-bond acceptors (Lipinski definition) is 3. The van der Waals surface area contributed by atoms with E-state index >= 15 is 0 Å². The molecule has 0 unspecified atom stereocenters. The number of anilines is 2. The molecule has 1 N–H and O–H groups in total. The zero-order valence-electron chi connectivity index (χ0n) is 17.0. The van der Waals surface area contributed by atoms with Crippen molar-refractivity contribution < 1.29 is 13.2 Å². The summed E-state index contributed by atoms with van der Waals surface area (Å²) in [4.78, 5) is 12.9. The molecule has 7 heteroatoms. The zero-order valence-corrected chi connectivity index (χ0v) is 19.4. The molecular formula is C23H23BrN2O3S. The Morgan fingerprint density at radius 1 is 0.933 bits per heavy atom. The average molecular weight is 487 g/mol. The summed E-state index contributed by atoms with van der Waals surface area (Å²) in [5, 5.41) is 2.77. The van der Waals surface area contributed by atoms with Gasteiger partial charge < -0.3 is 5.32 Å². The first kappa shape index (κ1) is 22.1. The highest BCUT2D eigenvalue weighted by molar-refractivity contribution is 9.10. The van der Waals surface area contributed by atoms with Gasteiger partial charge in [0.15, 0.2) is 0 Å². The van der Waals surface area contributed by atoms with Crippen LogP contribution < -0.4 is 9.62 Å². The lowest BCUT2D eigenvalue weighted by atomic mass is 10.1. The van der Waals surface area contributed by atoms with Gasteiger partial charge in [0.25, 0.3) is 10.0 Å². The van der Waals surface area contributed by atoms with Crippen LogP contribution in [0.3, 0.4) is 0 Å². The lowest BCUT2D eigenvalue weighted by Crippen LogP contribution is -2.38. The van der Waals surface area contributed by atoms with Crippen molar-refractivity contribution >= 4 is 43.2 Å². The van der Waals surface area contributed by atoms with Crippen molar-refractivity contribution in [3.05, 3.63) is 87.9 Å². The molecule has 0 aliphatic rings. The van der Waals surface area contributed by atoms with Crippen LogP contribution in [0.2, 0.25) is 0 Å². The van der Waals surface area contributed by atoms with Gasteiger partial charge in [-0.2, -0.15) is 0 Å². The first-order chi connectivity index (χ1) is 14.2. The van der Waals surface area contributed by atoms with Gasteiger partial charge in [-0.1, -0.05) is 51.8 Å². The van der Waals surface area contributed by atoms with Crippen molar-refractivity contribution in [2.45, 2.75) is 25.7 Å². The van der Waals surface area contributed by atoms with Crippen molar-refractivity contribution in [3.63, 3.8) is 0 Å². The van der Waals surface area contributed by atoms with Crippen LogP contribution in [0, 0.1) is 20.8 Å². The van der Waals surface area contributed by atoms with Gasteiger partial charge in [0, 0.05) is 10.2 Å². The van der Waals surface area contributed by atoms with Gasteiger partial charge in [-0.3, -0.25) is 9.10 Å². The third-order valence-corrected chi connectivity index (χ3v) is 6.91. The molecule has 30 heavy (non-hydrogen) atoms. The number of aryl methyl sites for hydroxylation is 3. The number of amides is 1. The molecule has 5 nitrogen and oxygen atoms in total. The van der Waals surface area contributed by atoms with E-state index in [-0.39, 0.29) is 11.4 Å². The van der Waals surface area contributed by atoms with Gasteiger partial charge >= 0.3 is 0 Å². The molecule has 0 heterocycles. The summed E-state index contributed by atoms with van der Waals surface area (Å²) in [5.41, 5.74) is 3.71. The van der Waals surface area contributed by atoms with Crippen LogP contribution in [0.15, 0.2) is 76.1 Å². The number of nitrogens with zero attached hydrogens (tertiary/aromatic N) is 1. The first-order valence-corrected chi connectivity index (χ1v) is 11.6. The second kappa shape index (κ2) is 9.02. The second-order valence-electron chi connectivity index (χ2n) is 7.17. The van der Waals surface area contributed by atoms with Crippen LogP contribution >= 0.6 is 15.9 Å². The van der Waals surface area contributed by atoms with E-state index in [1.54, 1.807) is 48.5 Å². The molecule has 3 rings (SSSR count). The lowest BCUT2D eigenvalue weighted by Gasteiger charge is -2.26. The highest BCUT2D eigenvalue weighted by atomic mass is 79.9. The van der Waals surface area contributed by atoms with Crippen molar-refractivity contribution in [1.82, 2.24) is 0 Å². The third kappa shape index (κ3) is 5.09. The minimum atomic E-state index is -3.94. The molecule has 1 amide bonds. The fourth-order valence-corrected chi connectivity index (χ4v) is 4.90. The number of halogens is 1. The Morgan fingerprint density at radius 3 is 2.27 bits per heavy atom. The summed E-state index contributed by atoms with van der Waals surface area (Å²) in [6.45, 7) is 5.27.